The standard InChI is InChI=1S/C11H6F3NO2/c1-17-11(16)8-3-2-5-9(14)6(12)4-7(13)10(5)15-8/h2-4H,1H3. The molecule has 0 aliphatic heterocycles. The van der Waals surface area contributed by atoms with Crippen molar-refractivity contribution in [3.05, 3.63) is 41.3 Å². The fraction of sp³-hybridized carbons (Fsp3) is 0.0909. The highest BCUT2D eigenvalue weighted by molar-refractivity contribution is 5.91. The summed E-state index contributed by atoms with van der Waals surface area (Å²) in [5.74, 6) is -4.33. The van der Waals surface area contributed by atoms with E-state index in [4.69, 9.17) is 0 Å². The van der Waals surface area contributed by atoms with E-state index in [2.05, 4.69) is 9.72 Å². The maximum absolute atomic E-state index is 13.4. The number of carbonyl (C=O) groups excluding carboxylic acids is 1. The van der Waals surface area contributed by atoms with Gasteiger partial charge in [-0.2, -0.15) is 0 Å². The van der Waals surface area contributed by atoms with E-state index in [1.165, 1.54) is 0 Å². The predicted octanol–water partition coefficient (Wildman–Crippen LogP) is 2.44. The molecule has 0 fully saturated rings. The van der Waals surface area contributed by atoms with E-state index in [1.54, 1.807) is 0 Å². The molecule has 1 aromatic carbocycles. The lowest BCUT2D eigenvalue weighted by molar-refractivity contribution is 0.0594. The average Bonchev–Trinajstić information content (AvgIpc) is 2.34. The van der Waals surface area contributed by atoms with Crippen LogP contribution in [0.2, 0.25) is 0 Å². The quantitative estimate of drug-likeness (QED) is 0.568. The van der Waals surface area contributed by atoms with Gasteiger partial charge in [-0.1, -0.05) is 0 Å². The largest absolute Gasteiger partial charge is 0.464 e. The van der Waals surface area contributed by atoms with E-state index in [-0.39, 0.29) is 11.1 Å². The molecule has 2 rings (SSSR count). The van der Waals surface area contributed by atoms with E-state index in [0.717, 1.165) is 19.2 Å². The first-order valence-electron chi connectivity index (χ1n) is 4.57. The fourth-order valence-corrected chi connectivity index (χ4v) is 1.41. The Bertz CT molecular complexity index is 613. The van der Waals surface area contributed by atoms with Crippen molar-refractivity contribution < 1.29 is 22.7 Å². The normalized spacial score (nSPS) is 10.6. The summed E-state index contributed by atoms with van der Waals surface area (Å²) in [6.45, 7) is 0. The summed E-state index contributed by atoms with van der Waals surface area (Å²) in [5, 5.41) is -0.324. The minimum absolute atomic E-state index is 0.176. The molecule has 0 saturated carbocycles. The number of carbonyl (C=O) groups is 1. The summed E-state index contributed by atoms with van der Waals surface area (Å²) >= 11 is 0. The number of aromatic nitrogens is 1. The summed E-state index contributed by atoms with van der Waals surface area (Å²) < 4.78 is 43.9. The second-order valence-corrected chi connectivity index (χ2v) is 3.24. The molecule has 17 heavy (non-hydrogen) atoms. The number of methoxy groups -OCH3 is 1. The molecule has 88 valence electrons. The molecule has 0 radical (unpaired) electrons. The lowest BCUT2D eigenvalue weighted by Gasteiger charge is -2.04. The molecular formula is C11H6F3NO2. The number of hydrogen-bond donors (Lipinski definition) is 0. The SMILES string of the molecule is COC(=O)c1ccc2c(F)c(F)cc(F)c2n1. The van der Waals surface area contributed by atoms with Crippen LogP contribution in [0.15, 0.2) is 18.2 Å². The van der Waals surface area contributed by atoms with Crippen LogP contribution in [-0.2, 0) is 4.74 Å². The maximum Gasteiger partial charge on any atom is 0.356 e. The number of ether oxygens (including phenoxy) is 1. The first kappa shape index (κ1) is 11.4. The minimum Gasteiger partial charge on any atom is -0.464 e. The second kappa shape index (κ2) is 4.04. The van der Waals surface area contributed by atoms with Gasteiger partial charge in [0.25, 0.3) is 0 Å². The van der Waals surface area contributed by atoms with E-state index >= 15 is 0 Å². The van der Waals surface area contributed by atoms with Gasteiger partial charge in [0.05, 0.1) is 7.11 Å². The highest BCUT2D eigenvalue weighted by Crippen LogP contribution is 2.22. The smallest absolute Gasteiger partial charge is 0.356 e. The maximum atomic E-state index is 13.4. The lowest BCUT2D eigenvalue weighted by atomic mass is 10.1. The molecule has 0 aliphatic carbocycles. The fourth-order valence-electron chi connectivity index (χ4n) is 1.41. The summed E-state index contributed by atoms with van der Waals surface area (Å²) in [6, 6.07) is 2.60. The third-order valence-corrected chi connectivity index (χ3v) is 2.22. The highest BCUT2D eigenvalue weighted by Gasteiger charge is 2.16. The van der Waals surface area contributed by atoms with Crippen LogP contribution in [-0.4, -0.2) is 18.1 Å². The van der Waals surface area contributed by atoms with Crippen molar-refractivity contribution in [2.24, 2.45) is 0 Å². The van der Waals surface area contributed by atoms with Gasteiger partial charge in [0.15, 0.2) is 17.5 Å². The van der Waals surface area contributed by atoms with Crippen LogP contribution < -0.4 is 0 Å². The summed E-state index contributed by atoms with van der Waals surface area (Å²) in [5.41, 5.74) is -0.586. The van der Waals surface area contributed by atoms with Crippen LogP contribution in [0.5, 0.6) is 0 Å². The number of fused-ring (bicyclic) bond motifs is 1. The van der Waals surface area contributed by atoms with Crippen molar-refractivity contribution >= 4 is 16.9 Å². The van der Waals surface area contributed by atoms with Crippen molar-refractivity contribution in [1.29, 1.82) is 0 Å². The molecule has 0 aliphatic rings. The van der Waals surface area contributed by atoms with Crippen molar-refractivity contribution in [1.82, 2.24) is 4.98 Å². The number of hydrogen-bond acceptors (Lipinski definition) is 3. The van der Waals surface area contributed by atoms with Gasteiger partial charge in [-0.25, -0.2) is 22.9 Å². The Morgan fingerprint density at radius 2 is 1.94 bits per heavy atom. The van der Waals surface area contributed by atoms with Gasteiger partial charge in [-0.15, -0.1) is 0 Å². The monoisotopic (exact) mass is 241 g/mol. The van der Waals surface area contributed by atoms with Crippen molar-refractivity contribution in [2.45, 2.75) is 0 Å². The van der Waals surface area contributed by atoms with Gasteiger partial charge < -0.3 is 4.74 Å². The molecule has 0 N–H and O–H groups in total. The Kier molecular flexibility index (Phi) is 2.71. The highest BCUT2D eigenvalue weighted by atomic mass is 19.2. The van der Waals surface area contributed by atoms with Crippen LogP contribution in [0.25, 0.3) is 10.9 Å². The number of benzene rings is 1. The van der Waals surface area contributed by atoms with E-state index in [1.807, 2.05) is 0 Å². The Balaban J connectivity index is 2.74. The number of esters is 1. The van der Waals surface area contributed by atoms with Gasteiger partial charge in [-0.3, -0.25) is 0 Å². The average molecular weight is 241 g/mol. The van der Waals surface area contributed by atoms with Gasteiger partial charge >= 0.3 is 5.97 Å². The first-order chi connectivity index (χ1) is 8.04. The minimum atomic E-state index is -1.30. The molecule has 2 aromatic rings. The third-order valence-electron chi connectivity index (χ3n) is 2.22. The second-order valence-electron chi connectivity index (χ2n) is 3.24. The Morgan fingerprint density at radius 3 is 2.59 bits per heavy atom. The van der Waals surface area contributed by atoms with Crippen molar-refractivity contribution in [3.8, 4) is 0 Å². The Labute approximate surface area is 93.8 Å². The number of rotatable bonds is 1. The topological polar surface area (TPSA) is 39.2 Å². The third kappa shape index (κ3) is 1.82. The summed E-state index contributed by atoms with van der Waals surface area (Å²) in [6.07, 6.45) is 0. The Hall–Kier alpha value is -2.11. The van der Waals surface area contributed by atoms with Gasteiger partial charge in [0.1, 0.15) is 11.2 Å². The van der Waals surface area contributed by atoms with Crippen LogP contribution in [0.4, 0.5) is 13.2 Å². The van der Waals surface area contributed by atoms with Crippen LogP contribution in [0.1, 0.15) is 10.5 Å². The molecule has 1 heterocycles. The summed E-state index contributed by atoms with van der Waals surface area (Å²) in [7, 11) is 1.13. The van der Waals surface area contributed by atoms with Crippen LogP contribution in [0.3, 0.4) is 0 Å². The molecule has 0 saturated heterocycles. The van der Waals surface area contributed by atoms with E-state index < -0.39 is 28.9 Å². The predicted molar refractivity (Wildman–Crippen MR) is 53.0 cm³/mol. The number of nitrogens with zero attached hydrogens (tertiary/aromatic N) is 1. The molecule has 1 aromatic heterocycles. The van der Waals surface area contributed by atoms with Crippen molar-refractivity contribution in [2.75, 3.05) is 7.11 Å². The zero-order chi connectivity index (χ0) is 12.6. The first-order valence-corrected chi connectivity index (χ1v) is 4.57. The van der Waals surface area contributed by atoms with Gasteiger partial charge in [-0.05, 0) is 12.1 Å². The van der Waals surface area contributed by atoms with Crippen molar-refractivity contribution in [3.63, 3.8) is 0 Å². The molecular weight excluding hydrogens is 235 g/mol. The molecule has 0 atom stereocenters. The van der Waals surface area contributed by atoms with E-state index in [9.17, 15) is 18.0 Å². The number of halogens is 3. The molecule has 0 bridgehead atoms. The lowest BCUT2D eigenvalue weighted by Crippen LogP contribution is -2.05. The van der Waals surface area contributed by atoms with Crippen LogP contribution in [0, 0.1) is 17.5 Å². The van der Waals surface area contributed by atoms with Gasteiger partial charge in [0.2, 0.25) is 0 Å². The zero-order valence-corrected chi connectivity index (χ0v) is 8.63. The zero-order valence-electron chi connectivity index (χ0n) is 8.63. The van der Waals surface area contributed by atoms with Gasteiger partial charge in [0, 0.05) is 11.5 Å². The van der Waals surface area contributed by atoms with E-state index in [0.29, 0.717) is 6.07 Å². The van der Waals surface area contributed by atoms with Crippen LogP contribution >= 0.6 is 0 Å². The molecule has 0 unspecified atom stereocenters. The molecule has 0 amide bonds. The molecule has 3 nitrogen and oxygen atoms in total. The number of pyridine rings is 1. The summed E-state index contributed by atoms with van der Waals surface area (Å²) in [4.78, 5) is 14.7. The molecule has 6 heteroatoms. The molecule has 0 spiro atoms. The Morgan fingerprint density at radius 1 is 1.24 bits per heavy atom.